The van der Waals surface area contributed by atoms with Crippen molar-refractivity contribution in [3.8, 4) is 84.3 Å². The first-order valence-electron chi connectivity index (χ1n) is 34.1. The predicted molar refractivity (Wildman–Crippen MR) is 415 cm³/mol. The van der Waals surface area contributed by atoms with Crippen LogP contribution in [0.25, 0.3) is 181 Å². The molecule has 22 rings (SSSR count). The molecule has 5 aromatic heterocycles. The SMILES string of the molecule is C1=CC2c3cc(-c4ccc5c(c4)c4ccccc4n5-c4ccc5c(c4)sc4cc(-c6nc(-c7ccc(-n8c9ccccc9c9cc(-c%10ccc%11c(c%10)c%10ccccc%10n%11-c%10ccccc%10)ccc98)cc7)c7c(n6)-c6cccc8cccc-7c68)ccc45)ccc3N(c3ccccc3)C2C=C1. The molecule has 0 radical (unpaired) electrons. The Kier molecular flexibility index (Phi) is 11.5. The highest BCUT2D eigenvalue weighted by molar-refractivity contribution is 7.25. The van der Waals surface area contributed by atoms with Crippen molar-refractivity contribution in [1.82, 2.24) is 23.7 Å². The Morgan fingerprint density at radius 1 is 0.303 bits per heavy atom. The van der Waals surface area contributed by atoms with Crippen molar-refractivity contribution < 1.29 is 0 Å². The van der Waals surface area contributed by atoms with E-state index in [-0.39, 0.29) is 12.0 Å². The lowest BCUT2D eigenvalue weighted by Crippen LogP contribution is -2.28. The third-order valence-corrected chi connectivity index (χ3v) is 22.6. The topological polar surface area (TPSA) is 43.8 Å². The van der Waals surface area contributed by atoms with Crippen LogP contribution in [0.15, 0.2) is 328 Å². The van der Waals surface area contributed by atoms with Gasteiger partial charge in [-0.25, -0.2) is 9.97 Å². The average molecular weight is 1280 g/mol. The Balaban J connectivity index is 0.620. The number of nitrogens with zero attached hydrogens (tertiary/aromatic N) is 6. The molecule has 0 saturated heterocycles. The third kappa shape index (κ3) is 8.05. The average Bonchev–Trinajstić information content (AvgIpc) is 1.74. The second-order valence-electron chi connectivity index (χ2n) is 26.7. The molecule has 0 N–H and O–H groups in total. The molecule has 0 spiro atoms. The standard InChI is InChI=1S/C92H56N6S/c1-3-19-62(20-4-1)95-78-29-11-7-23-66(78)74-49-57(36-45-82(74)95)59-38-47-84-76(51-59)68-25-9-13-31-80(68)97(84)64-40-33-56(34-41-64)90-89-72-27-15-17-55-18-16-28-73(88(55)72)91(89)94-92(93-90)61-35-43-70-71-44-42-65(54-87(71)99-86(70)53-61)98-81-32-14-10-26-69(81)77-52-60(39-48-85(77)98)58-37-46-83-75(50-58)67-24-8-12-30-79(67)96(83)63-21-5-2-6-22-63/h1-54,67,79H. The van der Waals surface area contributed by atoms with Gasteiger partial charge in [0.05, 0.1) is 50.5 Å². The molecule has 6 nitrogen and oxygen atoms in total. The van der Waals surface area contributed by atoms with E-state index in [1.807, 2.05) is 11.3 Å². The number of para-hydroxylation sites is 5. The summed E-state index contributed by atoms with van der Waals surface area (Å²) in [5.74, 6) is 0.993. The minimum absolute atomic E-state index is 0.246. The van der Waals surface area contributed by atoms with Crippen LogP contribution in [0.5, 0.6) is 0 Å². The summed E-state index contributed by atoms with van der Waals surface area (Å²) in [4.78, 5) is 13.7. The first kappa shape index (κ1) is 54.6. The van der Waals surface area contributed by atoms with Crippen LogP contribution >= 0.6 is 11.3 Å². The third-order valence-electron chi connectivity index (χ3n) is 21.5. The van der Waals surface area contributed by atoms with Gasteiger partial charge in [-0.2, -0.15) is 0 Å². The first-order valence-corrected chi connectivity index (χ1v) is 34.9. The van der Waals surface area contributed by atoms with Crippen LogP contribution in [0.4, 0.5) is 11.4 Å². The van der Waals surface area contributed by atoms with Crippen LogP contribution in [-0.4, -0.2) is 29.7 Å². The summed E-state index contributed by atoms with van der Waals surface area (Å²) in [6.45, 7) is 0. The van der Waals surface area contributed by atoms with Crippen molar-refractivity contribution in [2.75, 3.05) is 4.90 Å². The number of aromatic nitrogens is 5. The van der Waals surface area contributed by atoms with Crippen LogP contribution in [0.2, 0.25) is 0 Å². The molecule has 0 saturated carbocycles. The summed E-state index contributed by atoms with van der Waals surface area (Å²) in [6, 6.07) is 112. The maximum Gasteiger partial charge on any atom is 0.160 e. The molecule has 19 aromatic rings. The van der Waals surface area contributed by atoms with E-state index < -0.39 is 0 Å². The highest BCUT2D eigenvalue weighted by Gasteiger charge is 2.38. The molecule has 2 unspecified atom stereocenters. The van der Waals surface area contributed by atoms with Crippen LogP contribution in [-0.2, 0) is 0 Å². The van der Waals surface area contributed by atoms with E-state index in [0.717, 1.165) is 61.7 Å². The number of rotatable bonds is 8. The van der Waals surface area contributed by atoms with Crippen molar-refractivity contribution in [3.05, 3.63) is 333 Å². The van der Waals surface area contributed by atoms with Crippen molar-refractivity contribution >= 4 is 119 Å². The van der Waals surface area contributed by atoms with Crippen molar-refractivity contribution in [1.29, 1.82) is 0 Å². The van der Waals surface area contributed by atoms with Crippen molar-refractivity contribution in [3.63, 3.8) is 0 Å². The summed E-state index contributed by atoms with van der Waals surface area (Å²) < 4.78 is 9.68. The van der Waals surface area contributed by atoms with Crippen LogP contribution in [0.1, 0.15) is 11.5 Å². The second-order valence-corrected chi connectivity index (χ2v) is 27.8. The van der Waals surface area contributed by atoms with Gasteiger partial charge in [0.1, 0.15) is 0 Å². The monoisotopic (exact) mass is 1280 g/mol. The fourth-order valence-corrected chi connectivity index (χ4v) is 18.3. The van der Waals surface area contributed by atoms with Gasteiger partial charge in [0, 0.05) is 109 Å². The van der Waals surface area contributed by atoms with E-state index in [4.69, 9.17) is 9.97 Å². The molecule has 3 aliphatic rings. The molecule has 2 aliphatic carbocycles. The van der Waals surface area contributed by atoms with Gasteiger partial charge in [0.25, 0.3) is 0 Å². The summed E-state index contributed by atoms with van der Waals surface area (Å²) in [5.41, 5.74) is 26.5. The predicted octanol–water partition coefficient (Wildman–Crippen LogP) is 24.3. The zero-order chi connectivity index (χ0) is 64.6. The molecule has 99 heavy (non-hydrogen) atoms. The number of fused-ring (bicyclic) bond motifs is 18. The van der Waals surface area contributed by atoms with Gasteiger partial charge in [-0.15, -0.1) is 11.3 Å². The van der Waals surface area contributed by atoms with E-state index in [0.29, 0.717) is 5.82 Å². The van der Waals surface area contributed by atoms with Gasteiger partial charge in [-0.1, -0.05) is 206 Å². The number of hydrogen-bond acceptors (Lipinski definition) is 4. The summed E-state index contributed by atoms with van der Waals surface area (Å²) in [5, 5.41) is 12.3. The normalized spacial score (nSPS) is 14.6. The van der Waals surface area contributed by atoms with Crippen molar-refractivity contribution in [2.24, 2.45) is 0 Å². The lowest BCUT2D eigenvalue weighted by molar-refractivity contribution is 0.745. The lowest BCUT2D eigenvalue weighted by atomic mass is 9.89. The number of anilines is 2. The largest absolute Gasteiger partial charge is 0.333 e. The number of allylic oxidation sites excluding steroid dienone is 2. The fraction of sp³-hybridized carbons (Fsp3) is 0.0217. The van der Waals surface area contributed by atoms with E-state index in [1.165, 1.54) is 130 Å². The zero-order valence-corrected chi connectivity index (χ0v) is 54.2. The quantitative estimate of drug-likeness (QED) is 0.152. The summed E-state index contributed by atoms with van der Waals surface area (Å²) in [7, 11) is 0. The van der Waals surface area contributed by atoms with Gasteiger partial charge in [-0.05, 0) is 165 Å². The van der Waals surface area contributed by atoms with Crippen LogP contribution in [0, 0.1) is 0 Å². The molecule has 460 valence electrons. The minimum Gasteiger partial charge on any atom is -0.333 e. The Morgan fingerprint density at radius 2 is 0.778 bits per heavy atom. The Hall–Kier alpha value is -12.7. The maximum atomic E-state index is 5.65. The second kappa shape index (κ2) is 20.9. The van der Waals surface area contributed by atoms with Crippen molar-refractivity contribution in [2.45, 2.75) is 12.0 Å². The van der Waals surface area contributed by atoms with E-state index in [2.05, 4.69) is 346 Å². The van der Waals surface area contributed by atoms with Gasteiger partial charge >= 0.3 is 0 Å². The highest BCUT2D eigenvalue weighted by atomic mass is 32.1. The lowest BCUT2D eigenvalue weighted by Gasteiger charge is -2.28. The van der Waals surface area contributed by atoms with Gasteiger partial charge in [0.15, 0.2) is 5.82 Å². The highest BCUT2D eigenvalue weighted by Crippen LogP contribution is 2.53. The number of benzene rings is 14. The molecule has 7 heteroatoms. The Labute approximate surface area is 573 Å². The fourth-order valence-electron chi connectivity index (χ4n) is 17.1. The number of thiophene rings is 1. The van der Waals surface area contributed by atoms with Gasteiger partial charge in [0.2, 0.25) is 0 Å². The molecule has 6 heterocycles. The maximum absolute atomic E-state index is 5.65. The molecular weight excluding hydrogens is 1220 g/mol. The molecule has 2 atom stereocenters. The molecule has 1 aliphatic heterocycles. The molecule has 0 fully saturated rings. The Morgan fingerprint density at radius 3 is 1.41 bits per heavy atom. The summed E-state index contributed by atoms with van der Waals surface area (Å²) in [6.07, 6.45) is 9.11. The van der Waals surface area contributed by atoms with Gasteiger partial charge < -0.3 is 18.6 Å². The van der Waals surface area contributed by atoms with Crippen LogP contribution in [0.3, 0.4) is 0 Å². The zero-order valence-electron chi connectivity index (χ0n) is 53.4. The van der Waals surface area contributed by atoms with Gasteiger partial charge in [-0.3, -0.25) is 0 Å². The van der Waals surface area contributed by atoms with Crippen LogP contribution < -0.4 is 4.90 Å². The Bertz CT molecular complexity index is 6740. The first-order chi connectivity index (χ1) is 49.1. The molecule has 0 amide bonds. The number of hydrogen-bond donors (Lipinski definition) is 0. The smallest absolute Gasteiger partial charge is 0.160 e. The van der Waals surface area contributed by atoms with E-state index in [9.17, 15) is 0 Å². The van der Waals surface area contributed by atoms with E-state index in [1.54, 1.807) is 0 Å². The van der Waals surface area contributed by atoms with E-state index >= 15 is 0 Å². The minimum atomic E-state index is 0.246. The summed E-state index contributed by atoms with van der Waals surface area (Å²) >= 11 is 1.84. The molecular formula is C92H56N6S. The molecule has 0 bridgehead atoms. The molecule has 14 aromatic carbocycles.